The van der Waals surface area contributed by atoms with E-state index in [4.69, 9.17) is 0 Å². The molecule has 2 aliphatic rings. The Labute approximate surface area is 82.5 Å². The molecule has 1 aliphatic heterocycles. The van der Waals surface area contributed by atoms with Crippen LogP contribution in [0.4, 0.5) is 0 Å². The lowest BCUT2D eigenvalue weighted by molar-refractivity contribution is 0.534. The molecule has 0 aromatic carbocycles. The predicted molar refractivity (Wildman–Crippen MR) is 54.4 cm³/mol. The minimum absolute atomic E-state index is 0.00967. The van der Waals surface area contributed by atoms with Crippen molar-refractivity contribution in [2.24, 2.45) is 0 Å². The van der Waals surface area contributed by atoms with Gasteiger partial charge in [-0.25, -0.2) is 0 Å². The Morgan fingerprint density at radius 2 is 2.21 bits per heavy atom. The average molecular weight is 190 g/mol. The summed E-state index contributed by atoms with van der Waals surface area (Å²) in [4.78, 5) is 13.7. The van der Waals surface area contributed by atoms with Gasteiger partial charge < -0.3 is 10.3 Å². The van der Waals surface area contributed by atoms with Crippen LogP contribution in [0.1, 0.15) is 30.7 Å². The number of rotatable bonds is 1. The van der Waals surface area contributed by atoms with Crippen molar-refractivity contribution in [3.05, 3.63) is 34.2 Å². The minimum Gasteiger partial charge on any atom is -0.329 e. The van der Waals surface area contributed by atoms with Gasteiger partial charge in [-0.1, -0.05) is 6.07 Å². The quantitative estimate of drug-likeness (QED) is 0.693. The standard InChI is InChI=1S/C11H14N2O/c14-10-2-1-8(7-12-10)9-3-6-13-11(9)4-5-11/h1-2,7,9,13H,3-6H2,(H,12,14). The highest BCUT2D eigenvalue weighted by Gasteiger charge is 2.52. The number of hydrogen-bond donors (Lipinski definition) is 2. The molecule has 1 saturated carbocycles. The maximum atomic E-state index is 10.9. The van der Waals surface area contributed by atoms with Crippen molar-refractivity contribution in [3.8, 4) is 0 Å². The van der Waals surface area contributed by atoms with Crippen molar-refractivity contribution in [2.45, 2.75) is 30.7 Å². The number of aromatic amines is 1. The SMILES string of the molecule is O=c1ccc(C2CCNC23CC3)c[nH]1. The number of nitrogens with one attached hydrogen (secondary N) is 2. The van der Waals surface area contributed by atoms with Gasteiger partial charge in [-0.3, -0.25) is 4.79 Å². The minimum atomic E-state index is -0.00967. The van der Waals surface area contributed by atoms with Crippen molar-refractivity contribution in [2.75, 3.05) is 6.54 Å². The van der Waals surface area contributed by atoms with Gasteiger partial charge in [0, 0.05) is 23.7 Å². The van der Waals surface area contributed by atoms with Crippen LogP contribution in [0.2, 0.25) is 0 Å². The van der Waals surface area contributed by atoms with E-state index in [0.29, 0.717) is 11.5 Å². The smallest absolute Gasteiger partial charge is 0.247 e. The first-order valence-corrected chi connectivity index (χ1v) is 5.24. The van der Waals surface area contributed by atoms with Gasteiger partial charge in [0.2, 0.25) is 5.56 Å². The highest BCUT2D eigenvalue weighted by atomic mass is 16.1. The maximum Gasteiger partial charge on any atom is 0.247 e. The molecule has 1 aromatic heterocycles. The molecule has 3 heteroatoms. The summed E-state index contributed by atoms with van der Waals surface area (Å²) in [5.41, 5.74) is 1.66. The normalized spacial score (nSPS) is 28.1. The van der Waals surface area contributed by atoms with E-state index in [2.05, 4.69) is 10.3 Å². The summed E-state index contributed by atoms with van der Waals surface area (Å²) >= 11 is 0. The molecule has 0 amide bonds. The number of pyridine rings is 1. The molecule has 1 aromatic rings. The highest BCUT2D eigenvalue weighted by molar-refractivity contribution is 5.27. The van der Waals surface area contributed by atoms with Crippen LogP contribution in [-0.2, 0) is 0 Å². The first-order chi connectivity index (χ1) is 6.80. The zero-order valence-corrected chi connectivity index (χ0v) is 8.05. The fourth-order valence-corrected chi connectivity index (χ4v) is 2.65. The number of hydrogen-bond acceptors (Lipinski definition) is 2. The van der Waals surface area contributed by atoms with Crippen LogP contribution in [-0.4, -0.2) is 17.1 Å². The topological polar surface area (TPSA) is 44.9 Å². The number of H-pyrrole nitrogens is 1. The summed E-state index contributed by atoms with van der Waals surface area (Å²) in [6, 6.07) is 3.60. The van der Waals surface area contributed by atoms with Crippen LogP contribution in [0.3, 0.4) is 0 Å². The molecule has 2 heterocycles. The summed E-state index contributed by atoms with van der Waals surface area (Å²) < 4.78 is 0. The van der Waals surface area contributed by atoms with Crippen molar-refractivity contribution in [1.29, 1.82) is 0 Å². The molecule has 1 unspecified atom stereocenters. The van der Waals surface area contributed by atoms with Crippen LogP contribution in [0.25, 0.3) is 0 Å². The van der Waals surface area contributed by atoms with E-state index in [0.717, 1.165) is 6.54 Å². The maximum absolute atomic E-state index is 10.9. The van der Waals surface area contributed by atoms with Gasteiger partial charge in [0.25, 0.3) is 0 Å². The Morgan fingerprint density at radius 1 is 1.36 bits per heavy atom. The van der Waals surface area contributed by atoms with Gasteiger partial charge in [-0.2, -0.15) is 0 Å². The molecule has 1 aliphatic carbocycles. The zero-order chi connectivity index (χ0) is 9.60. The fourth-order valence-electron chi connectivity index (χ4n) is 2.65. The third-order valence-electron chi connectivity index (χ3n) is 3.58. The summed E-state index contributed by atoms with van der Waals surface area (Å²) in [5, 5.41) is 3.58. The van der Waals surface area contributed by atoms with E-state index in [1.54, 1.807) is 6.07 Å². The van der Waals surface area contributed by atoms with E-state index in [1.807, 2.05) is 12.3 Å². The van der Waals surface area contributed by atoms with Gasteiger partial charge >= 0.3 is 0 Å². The average Bonchev–Trinajstić information content (AvgIpc) is 2.82. The molecular formula is C11H14N2O. The van der Waals surface area contributed by atoms with Crippen LogP contribution >= 0.6 is 0 Å². The van der Waals surface area contributed by atoms with Crippen molar-refractivity contribution < 1.29 is 0 Å². The molecular weight excluding hydrogens is 176 g/mol. The molecule has 3 rings (SSSR count). The molecule has 0 bridgehead atoms. The van der Waals surface area contributed by atoms with Gasteiger partial charge in [-0.05, 0) is 31.4 Å². The Bertz CT molecular complexity index is 385. The van der Waals surface area contributed by atoms with Crippen LogP contribution in [0, 0.1) is 0 Å². The molecule has 14 heavy (non-hydrogen) atoms. The molecule has 1 spiro atoms. The predicted octanol–water partition coefficient (Wildman–Crippen LogP) is 0.984. The molecule has 2 N–H and O–H groups in total. The Balaban J connectivity index is 1.95. The zero-order valence-electron chi connectivity index (χ0n) is 8.05. The van der Waals surface area contributed by atoms with Crippen molar-refractivity contribution in [3.63, 3.8) is 0 Å². The van der Waals surface area contributed by atoms with E-state index in [-0.39, 0.29) is 5.56 Å². The van der Waals surface area contributed by atoms with Gasteiger partial charge in [0.1, 0.15) is 0 Å². The van der Waals surface area contributed by atoms with Crippen molar-refractivity contribution >= 4 is 0 Å². The molecule has 0 radical (unpaired) electrons. The second kappa shape index (κ2) is 2.70. The monoisotopic (exact) mass is 190 g/mol. The largest absolute Gasteiger partial charge is 0.329 e. The van der Waals surface area contributed by atoms with Crippen LogP contribution in [0.15, 0.2) is 23.1 Å². The van der Waals surface area contributed by atoms with Crippen LogP contribution in [0.5, 0.6) is 0 Å². The molecule has 1 atom stereocenters. The Hall–Kier alpha value is -1.09. The van der Waals surface area contributed by atoms with Crippen LogP contribution < -0.4 is 10.9 Å². The first-order valence-electron chi connectivity index (χ1n) is 5.24. The van der Waals surface area contributed by atoms with E-state index in [1.165, 1.54) is 24.8 Å². The van der Waals surface area contributed by atoms with E-state index in [9.17, 15) is 4.79 Å². The highest BCUT2D eigenvalue weighted by Crippen LogP contribution is 2.51. The summed E-state index contributed by atoms with van der Waals surface area (Å²) in [6.07, 6.45) is 5.65. The Kier molecular flexibility index (Phi) is 1.59. The van der Waals surface area contributed by atoms with E-state index >= 15 is 0 Å². The third kappa shape index (κ3) is 1.12. The third-order valence-corrected chi connectivity index (χ3v) is 3.58. The molecule has 74 valence electrons. The summed E-state index contributed by atoms with van der Waals surface area (Å²) in [7, 11) is 0. The summed E-state index contributed by atoms with van der Waals surface area (Å²) in [6.45, 7) is 1.11. The molecule has 2 fully saturated rings. The molecule has 1 saturated heterocycles. The Morgan fingerprint density at radius 3 is 2.86 bits per heavy atom. The lowest BCUT2D eigenvalue weighted by Gasteiger charge is -2.17. The van der Waals surface area contributed by atoms with Crippen molar-refractivity contribution in [1.82, 2.24) is 10.3 Å². The fraction of sp³-hybridized carbons (Fsp3) is 0.545. The first kappa shape index (κ1) is 8.24. The van der Waals surface area contributed by atoms with Gasteiger partial charge in [-0.15, -0.1) is 0 Å². The van der Waals surface area contributed by atoms with E-state index < -0.39 is 0 Å². The lowest BCUT2D eigenvalue weighted by atomic mass is 9.91. The van der Waals surface area contributed by atoms with Gasteiger partial charge in [0.05, 0.1) is 0 Å². The second-order valence-electron chi connectivity index (χ2n) is 4.41. The number of aromatic nitrogens is 1. The summed E-state index contributed by atoms with van der Waals surface area (Å²) in [5.74, 6) is 0.611. The van der Waals surface area contributed by atoms with Gasteiger partial charge in [0.15, 0.2) is 0 Å². The molecule has 3 nitrogen and oxygen atoms in total. The second-order valence-corrected chi connectivity index (χ2v) is 4.41. The lowest BCUT2D eigenvalue weighted by Crippen LogP contribution is -2.28.